The average molecular weight is 430 g/mol. The quantitative estimate of drug-likeness (QED) is 0.669. The first-order chi connectivity index (χ1) is 14.0. The highest BCUT2D eigenvalue weighted by Gasteiger charge is 2.38. The molecule has 2 atom stereocenters. The zero-order valence-corrected chi connectivity index (χ0v) is 17.6. The van der Waals surface area contributed by atoms with Crippen LogP contribution in [0.5, 0.6) is 5.75 Å². The smallest absolute Gasteiger partial charge is 0.227 e. The molecule has 2 aliphatic heterocycles. The first-order valence-electron chi connectivity index (χ1n) is 9.67. The Morgan fingerprint density at radius 3 is 2.83 bits per heavy atom. The van der Waals surface area contributed by atoms with Crippen LogP contribution in [-0.4, -0.2) is 47.4 Å². The van der Waals surface area contributed by atoms with E-state index in [0.717, 1.165) is 48.7 Å². The number of halogens is 2. The molecule has 2 aromatic carbocycles. The predicted molar refractivity (Wildman–Crippen MR) is 115 cm³/mol. The molecule has 2 bridgehead atoms. The number of amides is 1. The fourth-order valence-electron chi connectivity index (χ4n) is 4.51. The van der Waals surface area contributed by atoms with Crippen molar-refractivity contribution >= 4 is 40.0 Å². The number of benzene rings is 2. The third-order valence-electron chi connectivity index (χ3n) is 5.99. The first-order valence-corrected chi connectivity index (χ1v) is 10.4. The van der Waals surface area contributed by atoms with Gasteiger partial charge in [-0.1, -0.05) is 29.3 Å². The first kappa shape index (κ1) is 18.8. The van der Waals surface area contributed by atoms with Crippen LogP contribution >= 0.6 is 23.2 Å². The number of hydrogen-bond acceptors (Lipinski definition) is 3. The van der Waals surface area contributed by atoms with Gasteiger partial charge >= 0.3 is 0 Å². The number of carbonyl (C=O) groups excluding carboxylic acids is 1. The van der Waals surface area contributed by atoms with Crippen LogP contribution in [0.25, 0.3) is 10.9 Å². The summed E-state index contributed by atoms with van der Waals surface area (Å²) in [6.07, 6.45) is 0.316. The van der Waals surface area contributed by atoms with E-state index in [1.54, 1.807) is 19.2 Å². The van der Waals surface area contributed by atoms with Gasteiger partial charge in [-0.3, -0.25) is 9.69 Å². The summed E-state index contributed by atoms with van der Waals surface area (Å²) in [5.41, 5.74) is 4.37. The lowest BCUT2D eigenvalue weighted by Crippen LogP contribution is -2.53. The van der Waals surface area contributed by atoms with Gasteiger partial charge in [0.1, 0.15) is 5.75 Å². The SMILES string of the molecule is COc1ccc2[nH]c3c(c2c1)CN1CCN(C(=O)Cc2ccc(Cl)c(Cl)c2)[C@H]3C1. The number of piperazine rings is 1. The zero-order valence-electron chi connectivity index (χ0n) is 16.0. The maximum absolute atomic E-state index is 13.2. The fourth-order valence-corrected chi connectivity index (χ4v) is 4.83. The molecule has 150 valence electrons. The molecule has 0 radical (unpaired) electrons. The summed E-state index contributed by atoms with van der Waals surface area (Å²) in [4.78, 5) is 21.2. The minimum atomic E-state index is 0.0289. The van der Waals surface area contributed by atoms with Crippen molar-refractivity contribution < 1.29 is 9.53 Å². The van der Waals surface area contributed by atoms with Crippen molar-refractivity contribution in [3.05, 3.63) is 63.3 Å². The van der Waals surface area contributed by atoms with Gasteiger partial charge in [0.05, 0.1) is 29.6 Å². The van der Waals surface area contributed by atoms with Crippen molar-refractivity contribution in [2.75, 3.05) is 26.7 Å². The number of H-pyrrole nitrogens is 1. The summed E-state index contributed by atoms with van der Waals surface area (Å²) in [5, 5.41) is 2.15. The van der Waals surface area contributed by atoms with E-state index in [0.29, 0.717) is 16.5 Å². The Morgan fingerprint density at radius 1 is 1.17 bits per heavy atom. The Bertz CT molecular complexity index is 1110. The molecule has 1 amide bonds. The normalized spacial score (nSPS) is 20.6. The highest BCUT2D eigenvalue weighted by Crippen LogP contribution is 2.39. The Hall–Kier alpha value is -2.21. The maximum Gasteiger partial charge on any atom is 0.227 e. The van der Waals surface area contributed by atoms with Crippen molar-refractivity contribution in [1.82, 2.24) is 14.8 Å². The summed E-state index contributed by atoms with van der Waals surface area (Å²) < 4.78 is 5.41. The molecule has 1 aromatic heterocycles. The standard InChI is InChI=1S/C22H21Cl2N3O2/c1-29-14-3-5-19-15(10-14)16-11-26-6-7-27(20(12-26)22(16)25-19)21(28)9-13-2-4-17(23)18(24)8-13/h2-5,8,10,20,25H,6-7,9,11-12H2,1H3/t20-/m0/s1. The number of aromatic nitrogens is 1. The Labute approximate surface area is 179 Å². The van der Waals surface area contributed by atoms with Gasteiger partial charge in [-0.25, -0.2) is 0 Å². The number of fused-ring (bicyclic) bond motifs is 6. The molecule has 1 saturated heterocycles. The number of aromatic amines is 1. The van der Waals surface area contributed by atoms with Crippen molar-refractivity contribution in [3.8, 4) is 5.75 Å². The maximum atomic E-state index is 13.2. The highest BCUT2D eigenvalue weighted by molar-refractivity contribution is 6.42. The van der Waals surface area contributed by atoms with Gasteiger partial charge in [-0.15, -0.1) is 0 Å². The average Bonchev–Trinajstić information content (AvgIpc) is 3.09. The molecule has 3 heterocycles. The summed E-state index contributed by atoms with van der Waals surface area (Å²) >= 11 is 12.1. The molecule has 7 heteroatoms. The summed E-state index contributed by atoms with van der Waals surface area (Å²) in [6, 6.07) is 11.5. The van der Waals surface area contributed by atoms with Crippen LogP contribution in [0.4, 0.5) is 0 Å². The van der Waals surface area contributed by atoms with Crippen LogP contribution in [0.3, 0.4) is 0 Å². The number of methoxy groups -OCH3 is 1. The topological polar surface area (TPSA) is 48.6 Å². The highest BCUT2D eigenvalue weighted by atomic mass is 35.5. The Balaban J connectivity index is 1.47. The van der Waals surface area contributed by atoms with E-state index in [-0.39, 0.29) is 11.9 Å². The molecule has 3 aromatic rings. The molecule has 0 spiro atoms. The van der Waals surface area contributed by atoms with Crippen LogP contribution in [-0.2, 0) is 17.8 Å². The lowest BCUT2D eigenvalue weighted by molar-refractivity contribution is -0.136. The van der Waals surface area contributed by atoms with Crippen molar-refractivity contribution in [2.24, 2.45) is 0 Å². The molecule has 0 aliphatic carbocycles. The van der Waals surface area contributed by atoms with Gasteiger partial charge in [-0.05, 0) is 41.5 Å². The summed E-state index contributed by atoms with van der Waals surface area (Å²) in [6.45, 7) is 3.35. The van der Waals surface area contributed by atoms with Crippen LogP contribution in [0.1, 0.15) is 22.9 Å². The van der Waals surface area contributed by atoms with E-state index in [9.17, 15) is 4.79 Å². The molecule has 1 N–H and O–H groups in total. The monoisotopic (exact) mass is 429 g/mol. The number of rotatable bonds is 3. The molecule has 1 unspecified atom stereocenters. The van der Waals surface area contributed by atoms with Crippen LogP contribution < -0.4 is 4.74 Å². The molecular weight excluding hydrogens is 409 g/mol. The Morgan fingerprint density at radius 2 is 2.03 bits per heavy atom. The second kappa shape index (κ2) is 7.24. The van der Waals surface area contributed by atoms with E-state index in [2.05, 4.69) is 16.0 Å². The zero-order chi connectivity index (χ0) is 20.1. The van der Waals surface area contributed by atoms with Gasteiger partial charge in [0, 0.05) is 42.8 Å². The van der Waals surface area contributed by atoms with Crippen LogP contribution in [0, 0.1) is 0 Å². The number of nitrogens with one attached hydrogen (secondary N) is 1. The van der Waals surface area contributed by atoms with E-state index in [4.69, 9.17) is 27.9 Å². The minimum absolute atomic E-state index is 0.0289. The lowest BCUT2D eigenvalue weighted by atomic mass is 9.96. The van der Waals surface area contributed by atoms with E-state index in [1.807, 2.05) is 23.1 Å². The minimum Gasteiger partial charge on any atom is -0.497 e. The van der Waals surface area contributed by atoms with Gasteiger partial charge in [0.25, 0.3) is 0 Å². The second-order valence-electron chi connectivity index (χ2n) is 7.69. The molecule has 5 rings (SSSR count). The largest absolute Gasteiger partial charge is 0.497 e. The van der Waals surface area contributed by atoms with Gasteiger partial charge in [0.2, 0.25) is 5.91 Å². The lowest BCUT2D eigenvalue weighted by Gasteiger charge is -2.45. The molecule has 1 fully saturated rings. The molecule has 29 heavy (non-hydrogen) atoms. The van der Waals surface area contributed by atoms with Crippen molar-refractivity contribution in [2.45, 2.75) is 19.0 Å². The summed E-state index contributed by atoms with van der Waals surface area (Å²) in [7, 11) is 1.68. The number of carbonyl (C=O) groups is 1. The van der Waals surface area contributed by atoms with Crippen molar-refractivity contribution in [1.29, 1.82) is 0 Å². The number of nitrogens with zero attached hydrogens (tertiary/aromatic N) is 2. The van der Waals surface area contributed by atoms with Crippen molar-refractivity contribution in [3.63, 3.8) is 0 Å². The predicted octanol–water partition coefficient (Wildman–Crippen LogP) is 4.42. The van der Waals surface area contributed by atoms with Crippen LogP contribution in [0.2, 0.25) is 10.0 Å². The van der Waals surface area contributed by atoms with Gasteiger partial charge < -0.3 is 14.6 Å². The Kier molecular flexibility index (Phi) is 4.69. The number of ether oxygens (including phenoxy) is 1. The summed E-state index contributed by atoms with van der Waals surface area (Å²) in [5.74, 6) is 0.953. The molecule has 5 nitrogen and oxygen atoms in total. The third-order valence-corrected chi connectivity index (χ3v) is 6.72. The van der Waals surface area contributed by atoms with E-state index < -0.39 is 0 Å². The third kappa shape index (κ3) is 3.27. The van der Waals surface area contributed by atoms with Crippen LogP contribution in [0.15, 0.2) is 36.4 Å². The second-order valence-corrected chi connectivity index (χ2v) is 8.51. The molecular formula is C22H21Cl2N3O2. The van der Waals surface area contributed by atoms with Gasteiger partial charge in [0.15, 0.2) is 0 Å². The molecule has 2 aliphatic rings. The van der Waals surface area contributed by atoms with E-state index in [1.165, 1.54) is 10.9 Å². The van der Waals surface area contributed by atoms with Gasteiger partial charge in [-0.2, -0.15) is 0 Å². The van der Waals surface area contributed by atoms with E-state index >= 15 is 0 Å². The fraction of sp³-hybridized carbons (Fsp3) is 0.318. The molecule has 0 saturated carbocycles. The number of hydrogen-bond donors (Lipinski definition) is 1.